The molecule has 7 heteroatoms. The lowest BCUT2D eigenvalue weighted by Crippen LogP contribution is -2.48. The molecule has 1 aliphatic rings. The highest BCUT2D eigenvalue weighted by Crippen LogP contribution is 2.29. The van der Waals surface area contributed by atoms with Crippen molar-refractivity contribution in [1.82, 2.24) is 4.90 Å². The lowest BCUT2D eigenvalue weighted by Gasteiger charge is -2.26. The number of hydrogen-bond acceptors (Lipinski definition) is 5. The molecule has 0 aliphatic carbocycles. The second-order valence-corrected chi connectivity index (χ2v) is 7.48. The number of nitrogens with zero attached hydrogens (tertiary/aromatic N) is 2. The third-order valence-corrected chi connectivity index (χ3v) is 5.38. The summed E-state index contributed by atoms with van der Waals surface area (Å²) in [4.78, 5) is 40.8. The van der Waals surface area contributed by atoms with Crippen LogP contribution in [0, 0.1) is 11.3 Å². The van der Waals surface area contributed by atoms with Crippen molar-refractivity contribution in [2.75, 3.05) is 11.9 Å². The molecule has 1 atom stereocenters. The minimum atomic E-state index is -1.10. The Kier molecular flexibility index (Phi) is 6.18. The molecule has 3 aromatic carbocycles. The number of anilines is 1. The Morgan fingerprint density at radius 2 is 1.64 bits per heavy atom. The van der Waals surface area contributed by atoms with Crippen LogP contribution in [0.5, 0.6) is 5.75 Å². The van der Waals surface area contributed by atoms with Gasteiger partial charge in [-0.05, 0) is 42.8 Å². The van der Waals surface area contributed by atoms with Gasteiger partial charge in [0.15, 0.2) is 0 Å². The number of imide groups is 1. The van der Waals surface area contributed by atoms with Gasteiger partial charge in [-0.1, -0.05) is 42.5 Å². The molecule has 1 heterocycles. The highest BCUT2D eigenvalue weighted by Gasteiger charge is 2.42. The van der Waals surface area contributed by atoms with Crippen LogP contribution < -0.4 is 10.1 Å². The van der Waals surface area contributed by atoms with E-state index in [9.17, 15) is 19.6 Å². The van der Waals surface area contributed by atoms with Crippen molar-refractivity contribution in [3.8, 4) is 11.8 Å². The largest absolute Gasteiger partial charge is 0.492 e. The van der Waals surface area contributed by atoms with Gasteiger partial charge in [0, 0.05) is 6.42 Å². The van der Waals surface area contributed by atoms with Crippen LogP contribution in [0.15, 0.2) is 72.8 Å². The first kappa shape index (κ1) is 21.8. The van der Waals surface area contributed by atoms with E-state index >= 15 is 0 Å². The number of hydrogen-bond donors (Lipinski definition) is 1. The van der Waals surface area contributed by atoms with Gasteiger partial charge in [0.05, 0.1) is 35.1 Å². The van der Waals surface area contributed by atoms with E-state index in [0.717, 1.165) is 10.5 Å². The molecule has 0 saturated carbocycles. The second-order valence-electron chi connectivity index (χ2n) is 7.48. The Hall–Kier alpha value is -4.44. The van der Waals surface area contributed by atoms with Crippen molar-refractivity contribution in [2.24, 2.45) is 0 Å². The van der Waals surface area contributed by atoms with E-state index in [1.165, 1.54) is 6.07 Å². The standard InChI is InChI=1S/C26H21N3O4/c1-2-33-23-13-12-18(16-27)14-21(23)28-24(30)22(15-17-8-4-3-5-9-17)29-25(31)19-10-6-7-11-20(19)26(29)32/h3-14,22H,2,15H2,1H3,(H,28,30). The van der Waals surface area contributed by atoms with Crippen LogP contribution in [0.3, 0.4) is 0 Å². The van der Waals surface area contributed by atoms with Crippen LogP contribution in [0.4, 0.5) is 5.69 Å². The third-order valence-electron chi connectivity index (χ3n) is 5.38. The Morgan fingerprint density at radius 3 is 2.24 bits per heavy atom. The van der Waals surface area contributed by atoms with E-state index in [2.05, 4.69) is 5.32 Å². The van der Waals surface area contributed by atoms with E-state index in [1.54, 1.807) is 43.3 Å². The number of benzene rings is 3. The lowest BCUT2D eigenvalue weighted by atomic mass is 10.0. The fourth-order valence-corrected chi connectivity index (χ4v) is 3.82. The van der Waals surface area contributed by atoms with Crippen LogP contribution in [0.1, 0.15) is 38.8 Å². The molecule has 0 bridgehead atoms. The van der Waals surface area contributed by atoms with Gasteiger partial charge in [-0.3, -0.25) is 19.3 Å². The van der Waals surface area contributed by atoms with Gasteiger partial charge in [0.25, 0.3) is 11.8 Å². The Morgan fingerprint density at radius 1 is 1.00 bits per heavy atom. The highest BCUT2D eigenvalue weighted by atomic mass is 16.5. The summed E-state index contributed by atoms with van der Waals surface area (Å²) in [5, 5.41) is 12.0. The molecule has 0 radical (unpaired) electrons. The molecule has 0 fully saturated rings. The first-order valence-electron chi connectivity index (χ1n) is 10.5. The molecule has 4 rings (SSSR count). The molecule has 0 saturated heterocycles. The van der Waals surface area contributed by atoms with E-state index in [1.807, 2.05) is 36.4 Å². The van der Waals surface area contributed by atoms with Crippen molar-refractivity contribution in [2.45, 2.75) is 19.4 Å². The molecule has 1 unspecified atom stereocenters. The molecule has 7 nitrogen and oxygen atoms in total. The van der Waals surface area contributed by atoms with Crippen LogP contribution in [0.25, 0.3) is 0 Å². The van der Waals surface area contributed by atoms with Crippen LogP contribution in [-0.4, -0.2) is 35.3 Å². The third kappa shape index (κ3) is 4.32. The first-order valence-corrected chi connectivity index (χ1v) is 10.5. The maximum atomic E-state index is 13.5. The number of carbonyl (C=O) groups is 3. The molecule has 33 heavy (non-hydrogen) atoms. The Bertz CT molecular complexity index is 1230. The predicted molar refractivity (Wildman–Crippen MR) is 122 cm³/mol. The van der Waals surface area contributed by atoms with Crippen LogP contribution in [-0.2, 0) is 11.2 Å². The van der Waals surface area contributed by atoms with Crippen molar-refractivity contribution >= 4 is 23.4 Å². The lowest BCUT2D eigenvalue weighted by molar-refractivity contribution is -0.119. The molecule has 1 N–H and O–H groups in total. The van der Waals surface area contributed by atoms with Gasteiger partial charge in [0.1, 0.15) is 11.8 Å². The monoisotopic (exact) mass is 439 g/mol. The number of carbonyl (C=O) groups excluding carboxylic acids is 3. The molecular weight excluding hydrogens is 418 g/mol. The summed E-state index contributed by atoms with van der Waals surface area (Å²) in [6, 6.07) is 21.3. The number of rotatable bonds is 7. The number of amides is 3. The van der Waals surface area contributed by atoms with Gasteiger partial charge >= 0.3 is 0 Å². The predicted octanol–water partition coefficient (Wildman–Crippen LogP) is 3.80. The van der Waals surface area contributed by atoms with Crippen molar-refractivity contribution < 1.29 is 19.1 Å². The summed E-state index contributed by atoms with van der Waals surface area (Å²) in [6.45, 7) is 2.17. The highest BCUT2D eigenvalue weighted by molar-refractivity contribution is 6.23. The zero-order chi connectivity index (χ0) is 23.4. The Labute approximate surface area is 191 Å². The zero-order valence-electron chi connectivity index (χ0n) is 17.9. The average molecular weight is 439 g/mol. The molecular formula is C26H21N3O4. The van der Waals surface area contributed by atoms with Gasteiger partial charge in [-0.25, -0.2) is 0 Å². The normalized spacial score (nSPS) is 13.3. The second kappa shape index (κ2) is 9.37. The fourth-order valence-electron chi connectivity index (χ4n) is 3.82. The molecule has 0 spiro atoms. The summed E-state index contributed by atoms with van der Waals surface area (Å²) in [5.41, 5.74) is 1.99. The van der Waals surface area contributed by atoms with E-state index in [-0.39, 0.29) is 17.5 Å². The van der Waals surface area contributed by atoms with Gasteiger partial charge in [-0.2, -0.15) is 5.26 Å². The summed E-state index contributed by atoms with van der Waals surface area (Å²) in [7, 11) is 0. The minimum Gasteiger partial charge on any atom is -0.492 e. The van der Waals surface area contributed by atoms with Crippen molar-refractivity contribution in [1.29, 1.82) is 5.26 Å². The number of nitrogens with one attached hydrogen (secondary N) is 1. The van der Waals surface area contributed by atoms with Gasteiger partial charge in [-0.15, -0.1) is 0 Å². The van der Waals surface area contributed by atoms with E-state index < -0.39 is 23.8 Å². The first-order chi connectivity index (χ1) is 16.0. The zero-order valence-corrected chi connectivity index (χ0v) is 17.9. The summed E-state index contributed by atoms with van der Waals surface area (Å²) >= 11 is 0. The quantitative estimate of drug-likeness (QED) is 0.565. The van der Waals surface area contributed by atoms with E-state index in [4.69, 9.17) is 4.74 Å². The molecule has 3 amide bonds. The summed E-state index contributed by atoms with van der Waals surface area (Å²) < 4.78 is 5.58. The van der Waals surface area contributed by atoms with E-state index in [0.29, 0.717) is 23.6 Å². The minimum absolute atomic E-state index is 0.139. The molecule has 164 valence electrons. The Balaban J connectivity index is 1.71. The van der Waals surface area contributed by atoms with Crippen molar-refractivity contribution in [3.05, 3.63) is 95.1 Å². The van der Waals surface area contributed by atoms with Gasteiger partial charge in [0.2, 0.25) is 5.91 Å². The number of nitriles is 1. The number of ether oxygens (including phenoxy) is 1. The average Bonchev–Trinajstić information content (AvgIpc) is 3.09. The molecule has 1 aliphatic heterocycles. The topological polar surface area (TPSA) is 99.5 Å². The van der Waals surface area contributed by atoms with Crippen LogP contribution >= 0.6 is 0 Å². The molecule has 3 aromatic rings. The maximum Gasteiger partial charge on any atom is 0.262 e. The van der Waals surface area contributed by atoms with Crippen molar-refractivity contribution in [3.63, 3.8) is 0 Å². The number of fused-ring (bicyclic) bond motifs is 1. The maximum absolute atomic E-state index is 13.5. The van der Waals surface area contributed by atoms with Crippen LogP contribution in [0.2, 0.25) is 0 Å². The SMILES string of the molecule is CCOc1ccc(C#N)cc1NC(=O)C(Cc1ccccc1)N1C(=O)c2ccccc2C1=O. The molecule has 0 aromatic heterocycles. The summed E-state index contributed by atoms with van der Waals surface area (Å²) in [5.74, 6) is -1.18. The fraction of sp³-hybridized carbons (Fsp3) is 0.154. The smallest absolute Gasteiger partial charge is 0.262 e. The summed E-state index contributed by atoms with van der Waals surface area (Å²) in [6.07, 6.45) is 0.139. The van der Waals surface area contributed by atoms with Gasteiger partial charge < -0.3 is 10.1 Å².